The van der Waals surface area contributed by atoms with Gasteiger partial charge in [-0.3, -0.25) is 9.59 Å². The summed E-state index contributed by atoms with van der Waals surface area (Å²) in [7, 11) is 2.53. The summed E-state index contributed by atoms with van der Waals surface area (Å²) in [5.74, 6) is -0.588. The van der Waals surface area contributed by atoms with E-state index in [-0.39, 0.29) is 18.2 Å². The van der Waals surface area contributed by atoms with Crippen molar-refractivity contribution in [2.75, 3.05) is 19.5 Å². The van der Waals surface area contributed by atoms with Crippen molar-refractivity contribution in [1.82, 2.24) is 10.3 Å². The first-order chi connectivity index (χ1) is 10.8. The van der Waals surface area contributed by atoms with E-state index in [1.165, 1.54) is 25.6 Å². The van der Waals surface area contributed by atoms with Gasteiger partial charge in [0.05, 0.1) is 26.3 Å². The van der Waals surface area contributed by atoms with Crippen LogP contribution in [0.25, 0.3) is 0 Å². The largest absolute Gasteiger partial charge is 0.469 e. The van der Waals surface area contributed by atoms with E-state index in [4.69, 9.17) is 0 Å². The first-order valence-electron chi connectivity index (χ1n) is 7.02. The molecule has 0 radical (unpaired) electrons. The fraction of sp³-hybridized carbons (Fsp3) is 0.571. The number of ether oxygens (including phenoxy) is 2. The molecular weight excluding hydrogens is 322 g/mol. The van der Waals surface area contributed by atoms with Gasteiger partial charge in [-0.25, -0.2) is 9.78 Å². The molecule has 1 atom stereocenters. The van der Waals surface area contributed by atoms with Crippen molar-refractivity contribution < 1.29 is 23.9 Å². The SMILES string of the molecule is COC(=O)Cc1csc(NC(=O)[C@@H](CC(C)C)NC(=O)OC)n1. The standard InChI is InChI=1S/C14H21N3O5S/c1-8(2)5-10(16-14(20)22-4)12(19)17-13-15-9(7-23-13)6-11(18)21-3/h7-8,10H,5-6H2,1-4H3,(H,16,20)(H,15,17,19)/t10-/m1/s1. The van der Waals surface area contributed by atoms with Gasteiger partial charge in [-0.05, 0) is 12.3 Å². The second kappa shape index (κ2) is 9.09. The Labute approximate surface area is 138 Å². The fourth-order valence-corrected chi connectivity index (χ4v) is 2.48. The van der Waals surface area contributed by atoms with E-state index >= 15 is 0 Å². The van der Waals surface area contributed by atoms with Gasteiger partial charge in [0.1, 0.15) is 6.04 Å². The highest BCUT2D eigenvalue weighted by Gasteiger charge is 2.23. The van der Waals surface area contributed by atoms with Gasteiger partial charge < -0.3 is 20.1 Å². The number of methoxy groups -OCH3 is 2. The highest BCUT2D eigenvalue weighted by atomic mass is 32.1. The van der Waals surface area contributed by atoms with E-state index in [0.29, 0.717) is 17.2 Å². The molecule has 1 aromatic rings. The average molecular weight is 343 g/mol. The number of thiazole rings is 1. The van der Waals surface area contributed by atoms with E-state index in [9.17, 15) is 14.4 Å². The molecule has 1 heterocycles. The number of rotatable bonds is 7. The third-order valence-electron chi connectivity index (χ3n) is 2.84. The molecule has 0 spiro atoms. The summed E-state index contributed by atoms with van der Waals surface area (Å²) in [6, 6.07) is -0.726. The molecule has 9 heteroatoms. The number of anilines is 1. The Morgan fingerprint density at radius 3 is 2.52 bits per heavy atom. The molecule has 0 unspecified atom stereocenters. The first kappa shape index (κ1) is 18.9. The van der Waals surface area contributed by atoms with Gasteiger partial charge in [-0.1, -0.05) is 13.8 Å². The summed E-state index contributed by atoms with van der Waals surface area (Å²) < 4.78 is 9.09. The Kier molecular flexibility index (Phi) is 7.46. The van der Waals surface area contributed by atoms with E-state index in [2.05, 4.69) is 25.1 Å². The first-order valence-corrected chi connectivity index (χ1v) is 7.90. The molecule has 128 valence electrons. The van der Waals surface area contributed by atoms with Crippen molar-refractivity contribution in [3.05, 3.63) is 11.1 Å². The van der Waals surface area contributed by atoms with Crippen LogP contribution in [0.3, 0.4) is 0 Å². The minimum absolute atomic E-state index is 0.0404. The second-order valence-electron chi connectivity index (χ2n) is 5.20. The third-order valence-corrected chi connectivity index (χ3v) is 3.64. The Hall–Kier alpha value is -2.16. The quantitative estimate of drug-likeness (QED) is 0.728. The van der Waals surface area contributed by atoms with Crippen LogP contribution in [-0.4, -0.2) is 43.2 Å². The van der Waals surface area contributed by atoms with Crippen molar-refractivity contribution in [1.29, 1.82) is 0 Å². The molecule has 1 rings (SSSR count). The molecule has 0 saturated carbocycles. The Morgan fingerprint density at radius 2 is 1.96 bits per heavy atom. The minimum atomic E-state index is -0.726. The van der Waals surface area contributed by atoms with Crippen LogP contribution < -0.4 is 10.6 Å². The number of alkyl carbamates (subject to hydrolysis) is 1. The topological polar surface area (TPSA) is 107 Å². The number of esters is 1. The highest BCUT2D eigenvalue weighted by Crippen LogP contribution is 2.17. The Bertz CT molecular complexity index is 558. The Balaban J connectivity index is 2.70. The molecule has 1 aromatic heterocycles. The average Bonchev–Trinajstić information content (AvgIpc) is 2.92. The summed E-state index contributed by atoms with van der Waals surface area (Å²) in [5.41, 5.74) is 0.512. The Morgan fingerprint density at radius 1 is 1.26 bits per heavy atom. The van der Waals surface area contributed by atoms with Gasteiger partial charge in [0.25, 0.3) is 0 Å². The van der Waals surface area contributed by atoms with Gasteiger partial charge in [0, 0.05) is 5.38 Å². The van der Waals surface area contributed by atoms with Crippen molar-refractivity contribution in [3.63, 3.8) is 0 Å². The molecule has 0 aliphatic carbocycles. The minimum Gasteiger partial charge on any atom is -0.469 e. The molecule has 0 fully saturated rings. The number of hydrogen-bond donors (Lipinski definition) is 2. The highest BCUT2D eigenvalue weighted by molar-refractivity contribution is 7.13. The monoisotopic (exact) mass is 343 g/mol. The third kappa shape index (κ3) is 6.64. The molecule has 0 aliphatic rings. The van der Waals surface area contributed by atoms with Gasteiger partial charge in [0.2, 0.25) is 5.91 Å². The van der Waals surface area contributed by atoms with Gasteiger partial charge >= 0.3 is 12.1 Å². The van der Waals surface area contributed by atoms with E-state index in [1.807, 2.05) is 13.8 Å². The molecule has 0 bridgehead atoms. The van der Waals surface area contributed by atoms with Crippen LogP contribution in [-0.2, 0) is 25.5 Å². The van der Waals surface area contributed by atoms with Crippen molar-refractivity contribution in [2.24, 2.45) is 5.92 Å². The van der Waals surface area contributed by atoms with Crippen LogP contribution in [0, 0.1) is 5.92 Å². The van der Waals surface area contributed by atoms with E-state index < -0.39 is 18.1 Å². The predicted molar refractivity (Wildman–Crippen MR) is 85.2 cm³/mol. The number of amides is 2. The van der Waals surface area contributed by atoms with Gasteiger partial charge in [-0.15, -0.1) is 11.3 Å². The lowest BCUT2D eigenvalue weighted by Gasteiger charge is -2.18. The number of nitrogens with one attached hydrogen (secondary N) is 2. The van der Waals surface area contributed by atoms with Crippen LogP contribution in [0.5, 0.6) is 0 Å². The number of aromatic nitrogens is 1. The van der Waals surface area contributed by atoms with Crippen molar-refractivity contribution in [3.8, 4) is 0 Å². The molecular formula is C14H21N3O5S. The van der Waals surface area contributed by atoms with Crippen LogP contribution in [0.4, 0.5) is 9.93 Å². The number of hydrogen-bond acceptors (Lipinski definition) is 7. The number of carbonyl (C=O) groups excluding carboxylic acids is 3. The number of nitrogens with zero attached hydrogens (tertiary/aromatic N) is 1. The molecule has 2 N–H and O–H groups in total. The fourth-order valence-electron chi connectivity index (χ4n) is 1.76. The summed E-state index contributed by atoms with van der Waals surface area (Å²) in [4.78, 5) is 39.0. The molecule has 0 aromatic carbocycles. The summed E-state index contributed by atoms with van der Waals surface area (Å²) in [6.07, 6.45) is -0.170. The van der Waals surface area contributed by atoms with Crippen LogP contribution >= 0.6 is 11.3 Å². The van der Waals surface area contributed by atoms with E-state index in [0.717, 1.165) is 0 Å². The lowest BCUT2D eigenvalue weighted by molar-refractivity contribution is -0.139. The predicted octanol–water partition coefficient (Wildman–Crippen LogP) is 1.57. The maximum absolute atomic E-state index is 12.3. The zero-order valence-corrected chi connectivity index (χ0v) is 14.4. The summed E-state index contributed by atoms with van der Waals surface area (Å²) in [6.45, 7) is 3.88. The smallest absolute Gasteiger partial charge is 0.407 e. The normalized spacial score (nSPS) is 11.7. The second-order valence-corrected chi connectivity index (χ2v) is 6.06. The molecule has 0 aliphatic heterocycles. The summed E-state index contributed by atoms with van der Waals surface area (Å²) >= 11 is 1.20. The van der Waals surface area contributed by atoms with Gasteiger partial charge in [-0.2, -0.15) is 0 Å². The van der Waals surface area contributed by atoms with Crippen LogP contribution in [0.2, 0.25) is 0 Å². The zero-order valence-electron chi connectivity index (χ0n) is 13.5. The lowest BCUT2D eigenvalue weighted by Crippen LogP contribution is -2.44. The van der Waals surface area contributed by atoms with Crippen molar-refractivity contribution >= 4 is 34.4 Å². The summed E-state index contributed by atoms with van der Waals surface area (Å²) in [5, 5.41) is 7.15. The maximum Gasteiger partial charge on any atom is 0.407 e. The van der Waals surface area contributed by atoms with Crippen LogP contribution in [0.15, 0.2) is 5.38 Å². The molecule has 23 heavy (non-hydrogen) atoms. The van der Waals surface area contributed by atoms with E-state index in [1.54, 1.807) is 5.38 Å². The van der Waals surface area contributed by atoms with Crippen LogP contribution in [0.1, 0.15) is 26.0 Å². The molecule has 8 nitrogen and oxygen atoms in total. The maximum atomic E-state index is 12.3. The molecule has 2 amide bonds. The van der Waals surface area contributed by atoms with Crippen molar-refractivity contribution in [2.45, 2.75) is 32.7 Å². The lowest BCUT2D eigenvalue weighted by atomic mass is 10.0. The van der Waals surface area contributed by atoms with Gasteiger partial charge in [0.15, 0.2) is 5.13 Å². The zero-order chi connectivity index (χ0) is 17.4. The number of carbonyl (C=O) groups is 3. The molecule has 0 saturated heterocycles.